The fourth-order valence-electron chi connectivity index (χ4n) is 1.51. The number of benzene rings is 2. The summed E-state index contributed by atoms with van der Waals surface area (Å²) >= 11 is 5.68. The molecule has 0 heterocycles. The van der Waals surface area contributed by atoms with Crippen LogP contribution in [0.1, 0.15) is 10.4 Å². The van der Waals surface area contributed by atoms with Gasteiger partial charge in [0.05, 0.1) is 22.0 Å². The number of carbonyl (C=O) groups is 1. The molecule has 0 aliphatic heterocycles. The van der Waals surface area contributed by atoms with Crippen LogP contribution < -0.4 is 11.1 Å². The Kier molecular flexibility index (Phi) is 3.66. The molecule has 0 radical (unpaired) electrons. The number of nitrogens with one attached hydrogen (secondary N) is 1. The van der Waals surface area contributed by atoms with Gasteiger partial charge in [-0.25, -0.2) is 8.78 Å². The maximum atomic E-state index is 13.2. The molecular formula is C13H9ClF2N2O. The maximum Gasteiger partial charge on any atom is 0.257 e. The van der Waals surface area contributed by atoms with Gasteiger partial charge in [-0.05, 0) is 30.3 Å². The van der Waals surface area contributed by atoms with Crippen LogP contribution in [0, 0.1) is 11.6 Å². The van der Waals surface area contributed by atoms with Crippen LogP contribution in [0.4, 0.5) is 20.2 Å². The standard InChI is InChI=1S/C13H9ClF2N2O/c14-12-8(2-1-3-9(12)16)13(19)18-11-6-7(15)4-5-10(11)17/h1-6H,17H2,(H,18,19). The van der Waals surface area contributed by atoms with Crippen molar-refractivity contribution in [3.05, 3.63) is 58.6 Å². The molecule has 0 atom stereocenters. The Bertz CT molecular complexity index is 647. The number of nitrogens with two attached hydrogens (primary N) is 1. The number of carbonyl (C=O) groups excluding carboxylic acids is 1. The van der Waals surface area contributed by atoms with Crippen LogP contribution in [-0.4, -0.2) is 5.91 Å². The Labute approximate surface area is 113 Å². The minimum atomic E-state index is -0.707. The van der Waals surface area contributed by atoms with E-state index in [-0.39, 0.29) is 22.0 Å². The third-order valence-corrected chi connectivity index (χ3v) is 2.84. The average molecular weight is 283 g/mol. The number of halogens is 3. The van der Waals surface area contributed by atoms with E-state index in [0.29, 0.717) is 0 Å². The smallest absolute Gasteiger partial charge is 0.257 e. The van der Waals surface area contributed by atoms with E-state index >= 15 is 0 Å². The Morgan fingerprint density at radius 3 is 2.68 bits per heavy atom. The number of nitrogen functional groups attached to an aromatic ring is 1. The van der Waals surface area contributed by atoms with E-state index in [4.69, 9.17) is 17.3 Å². The number of anilines is 2. The lowest BCUT2D eigenvalue weighted by Crippen LogP contribution is -2.14. The Morgan fingerprint density at radius 2 is 1.95 bits per heavy atom. The third-order valence-electron chi connectivity index (χ3n) is 2.46. The summed E-state index contributed by atoms with van der Waals surface area (Å²) in [7, 11) is 0. The van der Waals surface area contributed by atoms with Crippen LogP contribution in [0.2, 0.25) is 5.02 Å². The van der Waals surface area contributed by atoms with Gasteiger partial charge in [0.15, 0.2) is 0 Å². The van der Waals surface area contributed by atoms with Gasteiger partial charge >= 0.3 is 0 Å². The van der Waals surface area contributed by atoms with E-state index in [1.807, 2.05) is 0 Å². The Balaban J connectivity index is 2.31. The molecular weight excluding hydrogens is 274 g/mol. The van der Waals surface area contributed by atoms with Crippen molar-refractivity contribution in [2.75, 3.05) is 11.1 Å². The number of hydrogen-bond donors (Lipinski definition) is 2. The molecule has 0 aliphatic rings. The van der Waals surface area contributed by atoms with E-state index in [0.717, 1.165) is 12.1 Å². The molecule has 3 N–H and O–H groups in total. The molecule has 0 unspecified atom stereocenters. The first-order valence-electron chi connectivity index (χ1n) is 5.29. The van der Waals surface area contributed by atoms with Gasteiger partial charge in [-0.3, -0.25) is 4.79 Å². The van der Waals surface area contributed by atoms with E-state index in [1.54, 1.807) is 0 Å². The van der Waals surface area contributed by atoms with Crippen LogP contribution in [0.25, 0.3) is 0 Å². The second-order valence-corrected chi connectivity index (χ2v) is 4.17. The Morgan fingerprint density at radius 1 is 1.21 bits per heavy atom. The van der Waals surface area contributed by atoms with Crippen LogP contribution in [0.15, 0.2) is 36.4 Å². The SMILES string of the molecule is Nc1ccc(F)cc1NC(=O)c1cccc(F)c1Cl. The average Bonchev–Trinajstić information content (AvgIpc) is 2.37. The lowest BCUT2D eigenvalue weighted by atomic mass is 10.2. The predicted molar refractivity (Wildman–Crippen MR) is 70.2 cm³/mol. The second-order valence-electron chi connectivity index (χ2n) is 3.79. The zero-order chi connectivity index (χ0) is 14.0. The van der Waals surface area contributed by atoms with Gasteiger partial charge in [0.25, 0.3) is 5.91 Å². The predicted octanol–water partition coefficient (Wildman–Crippen LogP) is 3.45. The monoisotopic (exact) mass is 282 g/mol. The number of hydrogen-bond acceptors (Lipinski definition) is 2. The zero-order valence-electron chi connectivity index (χ0n) is 9.58. The molecule has 0 aliphatic carbocycles. The summed E-state index contributed by atoms with van der Waals surface area (Å²) in [6.45, 7) is 0. The number of amides is 1. The molecule has 98 valence electrons. The molecule has 3 nitrogen and oxygen atoms in total. The van der Waals surface area contributed by atoms with Crippen molar-refractivity contribution < 1.29 is 13.6 Å². The van der Waals surface area contributed by atoms with Gasteiger partial charge in [0, 0.05) is 0 Å². The van der Waals surface area contributed by atoms with Crippen molar-refractivity contribution >= 4 is 28.9 Å². The maximum absolute atomic E-state index is 13.2. The summed E-state index contributed by atoms with van der Waals surface area (Å²) in [4.78, 5) is 11.9. The van der Waals surface area contributed by atoms with E-state index in [1.165, 1.54) is 24.3 Å². The molecule has 0 saturated carbocycles. The topological polar surface area (TPSA) is 55.1 Å². The minimum absolute atomic E-state index is 0.0506. The van der Waals surface area contributed by atoms with E-state index < -0.39 is 17.5 Å². The van der Waals surface area contributed by atoms with Gasteiger partial charge in [0.2, 0.25) is 0 Å². The van der Waals surface area contributed by atoms with Gasteiger partial charge in [0.1, 0.15) is 11.6 Å². The van der Waals surface area contributed by atoms with Crippen molar-refractivity contribution in [2.45, 2.75) is 0 Å². The summed E-state index contributed by atoms with van der Waals surface area (Å²) < 4.78 is 26.3. The van der Waals surface area contributed by atoms with Gasteiger partial charge in [-0.1, -0.05) is 17.7 Å². The number of rotatable bonds is 2. The van der Waals surface area contributed by atoms with Gasteiger partial charge in [-0.2, -0.15) is 0 Å². The second kappa shape index (κ2) is 5.24. The van der Waals surface area contributed by atoms with Crippen molar-refractivity contribution in [1.82, 2.24) is 0 Å². The lowest BCUT2D eigenvalue weighted by molar-refractivity contribution is 0.102. The Hall–Kier alpha value is -2.14. The first kappa shape index (κ1) is 13.3. The molecule has 2 aromatic rings. The van der Waals surface area contributed by atoms with Crippen LogP contribution in [0.5, 0.6) is 0 Å². The van der Waals surface area contributed by atoms with Gasteiger partial charge in [-0.15, -0.1) is 0 Å². The summed E-state index contributed by atoms with van der Waals surface area (Å²) in [5, 5.41) is 2.08. The van der Waals surface area contributed by atoms with E-state index in [9.17, 15) is 13.6 Å². The molecule has 6 heteroatoms. The minimum Gasteiger partial charge on any atom is -0.397 e. The quantitative estimate of drug-likeness (QED) is 0.829. The molecule has 2 rings (SSSR count). The van der Waals surface area contributed by atoms with E-state index in [2.05, 4.69) is 5.32 Å². The first-order chi connectivity index (χ1) is 8.99. The normalized spacial score (nSPS) is 10.3. The van der Waals surface area contributed by atoms with Crippen molar-refractivity contribution in [2.24, 2.45) is 0 Å². The highest BCUT2D eigenvalue weighted by Gasteiger charge is 2.14. The zero-order valence-corrected chi connectivity index (χ0v) is 10.3. The molecule has 0 fully saturated rings. The molecule has 0 aromatic heterocycles. The van der Waals surface area contributed by atoms with Crippen LogP contribution in [-0.2, 0) is 0 Å². The highest BCUT2D eigenvalue weighted by Crippen LogP contribution is 2.23. The largest absolute Gasteiger partial charge is 0.397 e. The molecule has 0 saturated heterocycles. The third kappa shape index (κ3) is 2.82. The van der Waals surface area contributed by atoms with Crippen molar-refractivity contribution in [3.8, 4) is 0 Å². The molecule has 19 heavy (non-hydrogen) atoms. The highest BCUT2D eigenvalue weighted by atomic mass is 35.5. The fraction of sp³-hybridized carbons (Fsp3) is 0. The summed E-state index contributed by atoms with van der Waals surface area (Å²) in [6, 6.07) is 7.40. The summed E-state index contributed by atoms with van der Waals surface area (Å²) in [5.41, 5.74) is 5.84. The van der Waals surface area contributed by atoms with Crippen LogP contribution >= 0.6 is 11.6 Å². The van der Waals surface area contributed by atoms with Gasteiger partial charge < -0.3 is 11.1 Å². The summed E-state index contributed by atoms with van der Waals surface area (Å²) in [5.74, 6) is -1.92. The van der Waals surface area contributed by atoms with Crippen molar-refractivity contribution in [1.29, 1.82) is 0 Å². The molecule has 0 spiro atoms. The van der Waals surface area contributed by atoms with Crippen molar-refractivity contribution in [3.63, 3.8) is 0 Å². The highest BCUT2D eigenvalue weighted by molar-refractivity contribution is 6.34. The first-order valence-corrected chi connectivity index (χ1v) is 5.67. The molecule has 0 bridgehead atoms. The lowest BCUT2D eigenvalue weighted by Gasteiger charge is -2.09. The molecule has 2 aromatic carbocycles. The summed E-state index contributed by atoms with van der Waals surface area (Å²) in [6.07, 6.45) is 0. The van der Waals surface area contributed by atoms with Crippen LogP contribution in [0.3, 0.4) is 0 Å². The molecule has 1 amide bonds. The fourth-order valence-corrected chi connectivity index (χ4v) is 1.72.